The zero-order valence-electron chi connectivity index (χ0n) is 14.9. The summed E-state index contributed by atoms with van der Waals surface area (Å²) in [5.74, 6) is 1.87. The molecule has 1 aromatic heterocycles. The number of aromatic amines is 1. The normalized spacial score (nSPS) is 16.3. The molecule has 0 spiro atoms. The highest BCUT2D eigenvalue weighted by Gasteiger charge is 2.30. The van der Waals surface area contributed by atoms with Crippen LogP contribution in [-0.4, -0.2) is 45.6 Å². The number of aliphatic carboxylic acids is 1. The van der Waals surface area contributed by atoms with Crippen molar-refractivity contribution in [2.45, 2.75) is 12.6 Å². The largest absolute Gasteiger partial charge is 0.489 e. The number of aromatic nitrogens is 1. The minimum absolute atomic E-state index is 0.484. The molecule has 1 aliphatic rings. The van der Waals surface area contributed by atoms with Gasteiger partial charge >= 0.3 is 5.97 Å². The van der Waals surface area contributed by atoms with E-state index in [9.17, 15) is 9.90 Å². The third-order valence-electron chi connectivity index (χ3n) is 4.87. The van der Waals surface area contributed by atoms with Gasteiger partial charge in [0.2, 0.25) is 0 Å². The van der Waals surface area contributed by atoms with E-state index in [1.54, 1.807) is 0 Å². The second-order valence-corrected chi connectivity index (χ2v) is 7.84. The van der Waals surface area contributed by atoms with Gasteiger partial charge in [0.05, 0.1) is 0 Å². The van der Waals surface area contributed by atoms with E-state index < -0.39 is 12.0 Å². The van der Waals surface area contributed by atoms with E-state index in [4.69, 9.17) is 4.74 Å². The third-order valence-corrected chi connectivity index (χ3v) is 5.82. The van der Waals surface area contributed by atoms with E-state index in [0.717, 1.165) is 52.4 Å². The van der Waals surface area contributed by atoms with Crippen molar-refractivity contribution in [3.8, 4) is 5.75 Å². The van der Waals surface area contributed by atoms with Crippen LogP contribution in [0.5, 0.6) is 5.75 Å². The molecule has 2 aromatic carbocycles. The van der Waals surface area contributed by atoms with Crippen molar-refractivity contribution >= 4 is 28.6 Å². The van der Waals surface area contributed by atoms with E-state index >= 15 is 0 Å². The number of carbonyl (C=O) groups is 1. The first-order valence-electron chi connectivity index (χ1n) is 9.05. The number of benzene rings is 2. The van der Waals surface area contributed by atoms with Crippen LogP contribution < -0.4 is 4.74 Å². The highest BCUT2D eigenvalue weighted by atomic mass is 32.2. The fourth-order valence-electron chi connectivity index (χ4n) is 3.50. The highest BCUT2D eigenvalue weighted by molar-refractivity contribution is 7.99. The molecule has 140 valence electrons. The summed E-state index contributed by atoms with van der Waals surface area (Å²) >= 11 is 1.87. The molecule has 6 heteroatoms. The molecule has 1 unspecified atom stereocenters. The van der Waals surface area contributed by atoms with Crippen molar-refractivity contribution in [1.29, 1.82) is 0 Å². The summed E-state index contributed by atoms with van der Waals surface area (Å²) < 4.78 is 5.93. The number of hydrogen-bond acceptors (Lipinski definition) is 4. The lowest BCUT2D eigenvalue weighted by molar-refractivity contribution is -0.143. The summed E-state index contributed by atoms with van der Waals surface area (Å²) in [7, 11) is 0. The minimum atomic E-state index is -0.807. The number of nitrogens with zero attached hydrogens (tertiary/aromatic N) is 1. The van der Waals surface area contributed by atoms with E-state index in [-0.39, 0.29) is 0 Å². The van der Waals surface area contributed by atoms with Gasteiger partial charge in [-0.1, -0.05) is 30.3 Å². The van der Waals surface area contributed by atoms with Gasteiger partial charge < -0.3 is 14.8 Å². The van der Waals surface area contributed by atoms with E-state index in [1.165, 1.54) is 0 Å². The van der Waals surface area contributed by atoms with Crippen LogP contribution in [0.4, 0.5) is 0 Å². The van der Waals surface area contributed by atoms with Crippen LogP contribution in [0, 0.1) is 0 Å². The number of fused-ring (bicyclic) bond motifs is 1. The minimum Gasteiger partial charge on any atom is -0.489 e. The Balaban J connectivity index is 1.61. The first kappa shape index (κ1) is 17.9. The average molecular weight is 382 g/mol. The van der Waals surface area contributed by atoms with Crippen molar-refractivity contribution < 1.29 is 14.6 Å². The molecule has 27 heavy (non-hydrogen) atoms. The lowest BCUT2D eigenvalue weighted by Gasteiger charge is -2.31. The van der Waals surface area contributed by atoms with Gasteiger partial charge in [0.25, 0.3) is 0 Å². The number of H-pyrrole nitrogens is 1. The van der Waals surface area contributed by atoms with Crippen molar-refractivity contribution in [2.24, 2.45) is 0 Å². The van der Waals surface area contributed by atoms with E-state index in [0.29, 0.717) is 6.61 Å². The Kier molecular flexibility index (Phi) is 5.36. The first-order chi connectivity index (χ1) is 13.2. The van der Waals surface area contributed by atoms with Gasteiger partial charge in [-0.3, -0.25) is 9.69 Å². The van der Waals surface area contributed by atoms with Crippen LogP contribution in [-0.2, 0) is 11.4 Å². The Labute approximate surface area is 162 Å². The van der Waals surface area contributed by atoms with Crippen molar-refractivity contribution in [2.75, 3.05) is 24.6 Å². The molecule has 0 radical (unpaired) electrons. The molecule has 1 fully saturated rings. The summed E-state index contributed by atoms with van der Waals surface area (Å²) in [5, 5.41) is 10.8. The topological polar surface area (TPSA) is 65.6 Å². The van der Waals surface area contributed by atoms with Crippen LogP contribution in [0.1, 0.15) is 17.2 Å². The lowest BCUT2D eigenvalue weighted by atomic mass is 10.0. The molecule has 2 heterocycles. The standard InChI is InChI=1S/C21H22N2O3S/c24-21(25)20(23-8-10-27-11-9-23)18-13-22-19-7-6-16(12-17(18)19)26-14-15-4-2-1-3-5-15/h1-7,12-13,20,22H,8-11,14H2,(H,24,25). The molecule has 0 amide bonds. The second-order valence-electron chi connectivity index (χ2n) is 6.61. The van der Waals surface area contributed by atoms with Crippen LogP contribution in [0.25, 0.3) is 10.9 Å². The quantitative estimate of drug-likeness (QED) is 0.676. The summed E-state index contributed by atoms with van der Waals surface area (Å²) in [4.78, 5) is 17.3. The summed E-state index contributed by atoms with van der Waals surface area (Å²) in [6, 6.07) is 15.2. The number of carboxylic acids is 1. The predicted molar refractivity (Wildman–Crippen MR) is 108 cm³/mol. The molecule has 0 saturated carbocycles. The molecule has 1 atom stereocenters. The molecule has 5 nitrogen and oxygen atoms in total. The molecule has 0 bridgehead atoms. The van der Waals surface area contributed by atoms with E-state index in [1.807, 2.05) is 66.5 Å². The number of thioether (sulfide) groups is 1. The molecule has 1 saturated heterocycles. The summed E-state index contributed by atoms with van der Waals surface area (Å²) in [6.45, 7) is 2.06. The van der Waals surface area contributed by atoms with Crippen molar-refractivity contribution in [1.82, 2.24) is 9.88 Å². The number of carboxylic acid groups (broad SMARTS) is 1. The summed E-state index contributed by atoms with van der Waals surface area (Å²) in [6.07, 6.45) is 1.83. The number of rotatable bonds is 6. The Morgan fingerprint density at radius 1 is 1.19 bits per heavy atom. The third kappa shape index (κ3) is 3.96. The van der Waals surface area contributed by atoms with Crippen molar-refractivity contribution in [3.63, 3.8) is 0 Å². The number of ether oxygens (including phenoxy) is 1. The zero-order chi connectivity index (χ0) is 18.6. The van der Waals surface area contributed by atoms with Crippen LogP contribution in [0.3, 0.4) is 0 Å². The molecule has 2 N–H and O–H groups in total. The van der Waals surface area contributed by atoms with Crippen LogP contribution in [0.15, 0.2) is 54.7 Å². The Bertz CT molecular complexity index is 920. The van der Waals surface area contributed by atoms with Gasteiger partial charge in [-0.05, 0) is 23.8 Å². The van der Waals surface area contributed by atoms with Crippen molar-refractivity contribution in [3.05, 3.63) is 65.9 Å². The maximum Gasteiger partial charge on any atom is 0.325 e. The first-order valence-corrected chi connectivity index (χ1v) is 10.2. The maximum absolute atomic E-state index is 12.0. The van der Waals surface area contributed by atoms with Gasteiger partial charge in [-0.15, -0.1) is 0 Å². The van der Waals surface area contributed by atoms with Gasteiger partial charge in [0.15, 0.2) is 0 Å². The highest BCUT2D eigenvalue weighted by Crippen LogP contribution is 2.32. The monoisotopic (exact) mass is 382 g/mol. The lowest BCUT2D eigenvalue weighted by Crippen LogP contribution is -2.39. The van der Waals surface area contributed by atoms with Crippen LogP contribution in [0.2, 0.25) is 0 Å². The van der Waals surface area contributed by atoms with Crippen LogP contribution >= 0.6 is 11.8 Å². The predicted octanol–water partition coefficient (Wildman–Crippen LogP) is 3.92. The molecule has 0 aliphatic carbocycles. The number of nitrogens with one attached hydrogen (secondary N) is 1. The smallest absolute Gasteiger partial charge is 0.325 e. The Morgan fingerprint density at radius 3 is 2.70 bits per heavy atom. The molecule has 1 aliphatic heterocycles. The maximum atomic E-state index is 12.0. The van der Waals surface area contributed by atoms with Gasteiger partial charge in [-0.25, -0.2) is 0 Å². The Morgan fingerprint density at radius 2 is 1.96 bits per heavy atom. The van der Waals surface area contributed by atoms with Gasteiger partial charge in [0.1, 0.15) is 18.4 Å². The second kappa shape index (κ2) is 8.06. The molecular weight excluding hydrogens is 360 g/mol. The van der Waals surface area contributed by atoms with Gasteiger partial charge in [0, 0.05) is 47.3 Å². The average Bonchev–Trinajstić information content (AvgIpc) is 3.11. The van der Waals surface area contributed by atoms with E-state index in [2.05, 4.69) is 9.88 Å². The Hall–Kier alpha value is -2.44. The molecular formula is C21H22N2O3S. The zero-order valence-corrected chi connectivity index (χ0v) is 15.7. The molecule has 3 aromatic rings. The summed E-state index contributed by atoms with van der Waals surface area (Å²) in [5.41, 5.74) is 2.82. The SMILES string of the molecule is O=C(O)C(c1c[nH]c2ccc(OCc3ccccc3)cc12)N1CCSCC1. The fourth-order valence-corrected chi connectivity index (χ4v) is 4.43. The van der Waals surface area contributed by atoms with Gasteiger partial charge in [-0.2, -0.15) is 11.8 Å². The number of hydrogen-bond donors (Lipinski definition) is 2. The fraction of sp³-hybridized carbons (Fsp3) is 0.286. The molecule has 4 rings (SSSR count).